The molecule has 0 radical (unpaired) electrons. The second kappa shape index (κ2) is 73.4. The summed E-state index contributed by atoms with van der Waals surface area (Å²) in [4.78, 5) is 73.0. The monoisotopic (exact) mass is 1460 g/mol. The van der Waals surface area contributed by atoms with E-state index in [1.165, 1.54) is 212 Å². The SMILES string of the molecule is CCCCCC/C=C\C=C/CCCCCCCC(=O)OC[C@H](COP(=O)(O)OC[C@@H](O)COP(=O)(O)OC[C@@H](COC(=O)CCCCCCCCCCCCCC)OC(=O)CCCCCCCCCCCCCCCCC)OC(=O)CCCCCCCCCCCCCCCCCC(C)C. The number of phosphoric acid groups is 2. The Morgan fingerprint density at radius 1 is 0.310 bits per heavy atom. The molecule has 0 spiro atoms. The third kappa shape index (κ3) is 73.8. The highest BCUT2D eigenvalue weighted by Crippen LogP contribution is 2.45. The molecule has 100 heavy (non-hydrogen) atoms. The number of phosphoric ester groups is 2. The molecule has 0 saturated heterocycles. The number of ether oxygens (including phenoxy) is 4. The fraction of sp³-hybridized carbons (Fsp3) is 0.901. The Kier molecular flexibility index (Phi) is 71.6. The van der Waals surface area contributed by atoms with Crippen LogP contribution in [0.1, 0.15) is 407 Å². The Bertz CT molecular complexity index is 2000. The van der Waals surface area contributed by atoms with Crippen LogP contribution in [-0.4, -0.2) is 96.7 Å². The third-order valence-corrected chi connectivity index (χ3v) is 20.3. The number of hydrogen-bond donors (Lipinski definition) is 3. The second-order valence-electron chi connectivity index (χ2n) is 29.0. The number of allylic oxidation sites excluding steroid dienone is 4. The van der Waals surface area contributed by atoms with Gasteiger partial charge in [0.2, 0.25) is 0 Å². The number of carbonyl (C=O) groups excluding carboxylic acids is 4. The van der Waals surface area contributed by atoms with Gasteiger partial charge in [0, 0.05) is 25.7 Å². The Morgan fingerprint density at radius 3 is 0.820 bits per heavy atom. The van der Waals surface area contributed by atoms with Gasteiger partial charge in [-0.1, -0.05) is 354 Å². The van der Waals surface area contributed by atoms with Crippen LogP contribution in [0.5, 0.6) is 0 Å². The fourth-order valence-corrected chi connectivity index (χ4v) is 13.6. The zero-order valence-electron chi connectivity index (χ0n) is 64.8. The summed E-state index contributed by atoms with van der Waals surface area (Å²) in [5.41, 5.74) is 0. The van der Waals surface area contributed by atoms with Gasteiger partial charge in [0.05, 0.1) is 26.4 Å². The van der Waals surface area contributed by atoms with Gasteiger partial charge in [-0.3, -0.25) is 37.3 Å². The summed E-state index contributed by atoms with van der Waals surface area (Å²) in [5, 5.41) is 10.6. The van der Waals surface area contributed by atoms with E-state index in [1.807, 2.05) is 0 Å². The molecule has 0 aliphatic carbocycles. The van der Waals surface area contributed by atoms with Gasteiger partial charge < -0.3 is 33.8 Å². The first-order valence-corrected chi connectivity index (χ1v) is 44.4. The van der Waals surface area contributed by atoms with Crippen molar-refractivity contribution in [2.75, 3.05) is 39.6 Å². The molecule has 0 aliphatic heterocycles. The highest BCUT2D eigenvalue weighted by atomic mass is 31.2. The zero-order chi connectivity index (χ0) is 73.4. The van der Waals surface area contributed by atoms with E-state index in [0.717, 1.165) is 115 Å². The normalized spacial score (nSPS) is 14.0. The van der Waals surface area contributed by atoms with Gasteiger partial charge in [0.25, 0.3) is 0 Å². The van der Waals surface area contributed by atoms with Crippen molar-refractivity contribution in [3.63, 3.8) is 0 Å². The predicted octanol–water partition coefficient (Wildman–Crippen LogP) is 24.0. The lowest BCUT2D eigenvalue weighted by Crippen LogP contribution is -2.30. The van der Waals surface area contributed by atoms with Crippen LogP contribution in [0.2, 0.25) is 0 Å². The van der Waals surface area contributed by atoms with Gasteiger partial charge in [-0.15, -0.1) is 0 Å². The van der Waals surface area contributed by atoms with E-state index in [2.05, 4.69) is 58.9 Å². The molecule has 0 rings (SSSR count). The first kappa shape index (κ1) is 97.5. The average molecular weight is 1460 g/mol. The molecule has 17 nitrogen and oxygen atoms in total. The van der Waals surface area contributed by atoms with Crippen molar-refractivity contribution in [2.24, 2.45) is 5.92 Å². The summed E-state index contributed by atoms with van der Waals surface area (Å²) in [6, 6.07) is 0. The average Bonchev–Trinajstić information content (AvgIpc) is 0.945. The van der Waals surface area contributed by atoms with Gasteiger partial charge in [0.1, 0.15) is 19.3 Å². The molecule has 590 valence electrons. The molecule has 0 aliphatic rings. The molecule has 2 unspecified atom stereocenters. The van der Waals surface area contributed by atoms with Crippen molar-refractivity contribution < 1.29 is 80.2 Å². The minimum Gasteiger partial charge on any atom is -0.462 e. The molecule has 0 aromatic carbocycles. The largest absolute Gasteiger partial charge is 0.472 e. The molecule has 0 bridgehead atoms. The first-order valence-electron chi connectivity index (χ1n) is 41.5. The lowest BCUT2D eigenvalue weighted by Gasteiger charge is -2.21. The van der Waals surface area contributed by atoms with E-state index in [4.69, 9.17) is 37.0 Å². The maximum Gasteiger partial charge on any atom is 0.472 e. The minimum atomic E-state index is -4.97. The summed E-state index contributed by atoms with van der Waals surface area (Å²) in [5.74, 6) is -1.33. The Balaban J connectivity index is 5.29. The number of esters is 4. The van der Waals surface area contributed by atoms with Gasteiger partial charge in [0.15, 0.2) is 12.2 Å². The van der Waals surface area contributed by atoms with Crippen LogP contribution in [0.25, 0.3) is 0 Å². The topological polar surface area (TPSA) is 237 Å². The van der Waals surface area contributed by atoms with Gasteiger partial charge in [-0.2, -0.15) is 0 Å². The lowest BCUT2D eigenvalue weighted by atomic mass is 10.0. The van der Waals surface area contributed by atoms with Crippen LogP contribution in [-0.2, 0) is 65.4 Å². The van der Waals surface area contributed by atoms with Crippen LogP contribution < -0.4 is 0 Å². The molecule has 0 amide bonds. The molecule has 3 N–H and O–H groups in total. The molecule has 19 heteroatoms. The Hall–Kier alpha value is -2.46. The number of unbranched alkanes of at least 4 members (excludes halogenated alkanes) is 48. The number of carbonyl (C=O) groups is 4. The van der Waals surface area contributed by atoms with Crippen molar-refractivity contribution >= 4 is 39.5 Å². The summed E-state index contributed by atoms with van der Waals surface area (Å²) in [6.45, 7) is 7.29. The van der Waals surface area contributed by atoms with E-state index in [0.29, 0.717) is 25.7 Å². The van der Waals surface area contributed by atoms with E-state index >= 15 is 0 Å². The first-order chi connectivity index (χ1) is 48.5. The van der Waals surface area contributed by atoms with Crippen molar-refractivity contribution in [3.8, 4) is 0 Å². The Labute approximate surface area is 612 Å². The van der Waals surface area contributed by atoms with Crippen LogP contribution >= 0.6 is 15.6 Å². The van der Waals surface area contributed by atoms with E-state index in [-0.39, 0.29) is 25.7 Å². The molecule has 0 aromatic rings. The van der Waals surface area contributed by atoms with E-state index < -0.39 is 97.5 Å². The smallest absolute Gasteiger partial charge is 0.462 e. The van der Waals surface area contributed by atoms with E-state index in [1.54, 1.807) is 0 Å². The summed E-state index contributed by atoms with van der Waals surface area (Å²) < 4.78 is 68.7. The maximum absolute atomic E-state index is 13.1. The molecular weight excluding hydrogens is 1310 g/mol. The Morgan fingerprint density at radius 2 is 0.540 bits per heavy atom. The molecule has 5 atom stereocenters. The van der Waals surface area contributed by atoms with Gasteiger partial charge in [-0.05, 0) is 57.3 Å². The van der Waals surface area contributed by atoms with Crippen LogP contribution in [0.4, 0.5) is 0 Å². The van der Waals surface area contributed by atoms with Crippen LogP contribution in [0, 0.1) is 5.92 Å². The summed E-state index contributed by atoms with van der Waals surface area (Å²) in [7, 11) is -9.93. The summed E-state index contributed by atoms with van der Waals surface area (Å²) in [6.07, 6.45) is 67.2. The number of aliphatic hydroxyl groups excluding tert-OH is 1. The molecular formula is C81H154O17P2. The number of rotatable bonds is 79. The molecule has 0 saturated carbocycles. The summed E-state index contributed by atoms with van der Waals surface area (Å²) >= 11 is 0. The molecule has 0 fully saturated rings. The number of hydrogen-bond acceptors (Lipinski definition) is 15. The molecule has 0 aromatic heterocycles. The maximum atomic E-state index is 13.1. The standard InChI is InChI=1S/C81H154O17P2/c1-6-9-12-15-18-21-24-27-30-35-40-45-50-55-60-65-79(84)92-71-77(98-81(86)67-62-57-52-47-42-37-33-29-32-34-38-43-48-53-58-63-74(4)5)73-96-100(89,90)94-69-75(82)68-93-99(87,88)95-72-76(70-91-78(83)64-59-54-49-44-39-26-23-20-17-14-11-8-3)97-80(85)66-61-56-51-46-41-36-31-28-25-22-19-16-13-10-7-2/h21,24,27,30,74-77,82H,6-20,22-23,25-26,28-29,31-73H2,1-5H3,(H,87,88)(H,89,90)/b24-21-,30-27-/t75-,76+,77+/m0/s1. The highest BCUT2D eigenvalue weighted by molar-refractivity contribution is 7.47. The zero-order valence-corrected chi connectivity index (χ0v) is 66.6. The fourth-order valence-electron chi connectivity index (χ4n) is 12.0. The predicted molar refractivity (Wildman–Crippen MR) is 409 cm³/mol. The van der Waals surface area contributed by atoms with Crippen LogP contribution in [0.15, 0.2) is 24.3 Å². The van der Waals surface area contributed by atoms with Gasteiger partial charge in [-0.25, -0.2) is 9.13 Å². The van der Waals surface area contributed by atoms with Crippen molar-refractivity contribution in [3.05, 3.63) is 24.3 Å². The quantitative estimate of drug-likeness (QED) is 0.0169. The molecule has 0 heterocycles. The highest BCUT2D eigenvalue weighted by Gasteiger charge is 2.30. The number of aliphatic hydroxyl groups is 1. The van der Waals surface area contributed by atoms with Gasteiger partial charge >= 0.3 is 39.5 Å². The van der Waals surface area contributed by atoms with E-state index in [9.17, 15) is 43.2 Å². The second-order valence-corrected chi connectivity index (χ2v) is 31.9. The van der Waals surface area contributed by atoms with Crippen molar-refractivity contribution in [2.45, 2.75) is 425 Å². The minimum absolute atomic E-state index is 0.101. The van der Waals surface area contributed by atoms with Crippen molar-refractivity contribution in [1.82, 2.24) is 0 Å². The van der Waals surface area contributed by atoms with Crippen LogP contribution in [0.3, 0.4) is 0 Å². The third-order valence-electron chi connectivity index (χ3n) is 18.4. The lowest BCUT2D eigenvalue weighted by molar-refractivity contribution is -0.161. The van der Waals surface area contributed by atoms with Crippen molar-refractivity contribution in [1.29, 1.82) is 0 Å².